The van der Waals surface area contributed by atoms with Crippen LogP contribution in [0, 0.1) is 0 Å². The molecule has 0 spiro atoms. The van der Waals surface area contributed by atoms with Gasteiger partial charge in [0.1, 0.15) is 12.4 Å². The Bertz CT molecular complexity index is 1260. The zero-order chi connectivity index (χ0) is 25.4. The summed E-state index contributed by atoms with van der Waals surface area (Å²) in [6.45, 7) is 1.33. The number of para-hydroxylation sites is 2. The van der Waals surface area contributed by atoms with Gasteiger partial charge in [0.15, 0.2) is 0 Å². The molecule has 1 aromatic heterocycles. The molecule has 0 unspecified atom stereocenters. The Morgan fingerprint density at radius 2 is 1.91 bits per heavy atom. The number of carbonyl (C=O) groups is 1. The highest BCUT2D eigenvalue weighted by atomic mass is 32.2. The van der Waals surface area contributed by atoms with Crippen molar-refractivity contribution in [1.29, 1.82) is 0 Å². The smallest absolute Gasteiger partial charge is 0.307 e. The number of hydrogen-bond acceptors (Lipinski definition) is 7. The van der Waals surface area contributed by atoms with E-state index in [-0.39, 0.29) is 19.6 Å². The van der Waals surface area contributed by atoms with Crippen molar-refractivity contribution < 1.29 is 32.9 Å². The fourth-order valence-electron chi connectivity index (χ4n) is 3.93. The molecule has 35 heavy (non-hydrogen) atoms. The van der Waals surface area contributed by atoms with Crippen molar-refractivity contribution >= 4 is 38.3 Å². The molecular formula is C24H31N3O7S. The number of aliphatic hydroxyl groups excluding tert-OH is 1. The molecule has 0 atom stereocenters. The summed E-state index contributed by atoms with van der Waals surface area (Å²) in [5, 5.41) is 19.7. The molecule has 4 N–H and O–H groups in total. The Labute approximate surface area is 204 Å². The summed E-state index contributed by atoms with van der Waals surface area (Å²) in [7, 11) is -1.87. The van der Waals surface area contributed by atoms with Gasteiger partial charge in [0.05, 0.1) is 43.8 Å². The molecule has 2 aromatic carbocycles. The van der Waals surface area contributed by atoms with Gasteiger partial charge in [0, 0.05) is 42.7 Å². The summed E-state index contributed by atoms with van der Waals surface area (Å²) in [5.74, 6) is -0.301. The number of carboxylic acids is 1. The third kappa shape index (κ3) is 7.35. The first kappa shape index (κ1) is 26.3. The molecule has 0 radical (unpaired) electrons. The van der Waals surface area contributed by atoms with Crippen molar-refractivity contribution in [3.63, 3.8) is 0 Å². The van der Waals surface area contributed by atoms with Crippen molar-refractivity contribution in [3.05, 3.63) is 53.7 Å². The van der Waals surface area contributed by atoms with Crippen molar-refractivity contribution in [2.45, 2.75) is 12.8 Å². The molecule has 0 amide bonds. The predicted molar refractivity (Wildman–Crippen MR) is 135 cm³/mol. The number of fused-ring (bicyclic) bond motifs is 1. The molecule has 1 heterocycles. The van der Waals surface area contributed by atoms with E-state index in [9.17, 15) is 23.4 Å². The van der Waals surface area contributed by atoms with Crippen LogP contribution in [0.25, 0.3) is 10.9 Å². The summed E-state index contributed by atoms with van der Waals surface area (Å²) in [5.41, 5.74) is 3.40. The minimum absolute atomic E-state index is 0.0870. The molecule has 10 nitrogen and oxygen atoms in total. The Balaban J connectivity index is 1.75. The van der Waals surface area contributed by atoms with E-state index >= 15 is 0 Å². The predicted octanol–water partition coefficient (Wildman–Crippen LogP) is 2.23. The molecule has 0 aliphatic heterocycles. The first-order chi connectivity index (χ1) is 16.7. The molecule has 0 aliphatic rings. The number of carboxylic acid groups (broad SMARTS) is 1. The number of nitrogens with zero attached hydrogens (tertiary/aromatic N) is 1. The summed E-state index contributed by atoms with van der Waals surface area (Å²) >= 11 is 0. The lowest BCUT2D eigenvalue weighted by Crippen LogP contribution is -2.32. The van der Waals surface area contributed by atoms with Gasteiger partial charge < -0.3 is 29.6 Å². The van der Waals surface area contributed by atoms with Crippen LogP contribution >= 0.6 is 0 Å². The van der Waals surface area contributed by atoms with E-state index in [1.165, 1.54) is 0 Å². The number of aliphatic carboxylic acids is 1. The maximum Gasteiger partial charge on any atom is 0.307 e. The van der Waals surface area contributed by atoms with Crippen LogP contribution in [0.2, 0.25) is 0 Å². The first-order valence-corrected chi connectivity index (χ1v) is 13.0. The molecule has 11 heteroatoms. The quantitative estimate of drug-likeness (QED) is 0.261. The van der Waals surface area contributed by atoms with Gasteiger partial charge in [-0.25, -0.2) is 8.42 Å². The largest absolute Gasteiger partial charge is 0.492 e. The number of methoxy groups -OCH3 is 1. The number of benzene rings is 2. The van der Waals surface area contributed by atoms with Gasteiger partial charge >= 0.3 is 5.97 Å². The molecule has 0 saturated carbocycles. The fraction of sp³-hybridized carbons (Fsp3) is 0.375. The van der Waals surface area contributed by atoms with Crippen molar-refractivity contribution in [3.8, 4) is 5.75 Å². The second-order valence-electron chi connectivity index (χ2n) is 8.05. The van der Waals surface area contributed by atoms with E-state index in [1.54, 1.807) is 37.4 Å². The number of hydrogen-bond donors (Lipinski definition) is 4. The normalized spacial score (nSPS) is 11.5. The van der Waals surface area contributed by atoms with Gasteiger partial charge in [-0.3, -0.25) is 9.52 Å². The maximum atomic E-state index is 11.7. The number of aliphatic hydroxyl groups is 1. The van der Waals surface area contributed by atoms with Crippen LogP contribution in [-0.2, 0) is 32.4 Å². The van der Waals surface area contributed by atoms with Crippen LogP contribution in [0.15, 0.2) is 42.5 Å². The lowest BCUT2D eigenvalue weighted by atomic mass is 10.1. The fourth-order valence-corrected chi connectivity index (χ4v) is 4.51. The van der Waals surface area contributed by atoms with Crippen LogP contribution in [0.3, 0.4) is 0 Å². The second-order valence-corrected chi connectivity index (χ2v) is 9.80. The molecule has 190 valence electrons. The van der Waals surface area contributed by atoms with Crippen LogP contribution in [0.4, 0.5) is 11.4 Å². The van der Waals surface area contributed by atoms with Crippen molar-refractivity contribution in [1.82, 2.24) is 4.98 Å². The average Bonchev–Trinajstić information content (AvgIpc) is 3.12. The highest BCUT2D eigenvalue weighted by Gasteiger charge is 2.16. The number of anilines is 2. The topological polar surface area (TPSA) is 141 Å². The lowest BCUT2D eigenvalue weighted by Gasteiger charge is -2.26. The van der Waals surface area contributed by atoms with E-state index in [0.29, 0.717) is 43.2 Å². The monoisotopic (exact) mass is 505 g/mol. The van der Waals surface area contributed by atoms with Crippen LogP contribution in [0.5, 0.6) is 5.75 Å². The summed E-state index contributed by atoms with van der Waals surface area (Å²) in [4.78, 5) is 16.5. The third-order valence-corrected chi connectivity index (χ3v) is 5.98. The van der Waals surface area contributed by atoms with Gasteiger partial charge in [0.25, 0.3) is 0 Å². The number of aromatic amines is 1. The first-order valence-electron chi connectivity index (χ1n) is 11.1. The second kappa shape index (κ2) is 11.9. The lowest BCUT2D eigenvalue weighted by molar-refractivity contribution is -0.136. The SMILES string of the molecule is COCCc1[nH]c2cc(OCCN(CCO)c3ccccc3NS(C)(=O)=O)ccc2c1CC(=O)O. The molecular weight excluding hydrogens is 474 g/mol. The Kier molecular flexibility index (Phi) is 8.96. The molecule has 0 bridgehead atoms. The summed E-state index contributed by atoms with van der Waals surface area (Å²) in [6.07, 6.45) is 1.57. The summed E-state index contributed by atoms with van der Waals surface area (Å²) in [6, 6.07) is 12.4. The molecule has 0 fully saturated rings. The van der Waals surface area contributed by atoms with Crippen molar-refractivity contribution in [2.75, 3.05) is 55.9 Å². The van der Waals surface area contributed by atoms with E-state index in [1.807, 2.05) is 17.0 Å². The molecule has 3 rings (SSSR count). The van der Waals surface area contributed by atoms with Crippen LogP contribution in [0.1, 0.15) is 11.3 Å². The molecule has 3 aromatic rings. The number of sulfonamides is 1. The van der Waals surface area contributed by atoms with Gasteiger partial charge in [-0.2, -0.15) is 0 Å². The number of ether oxygens (including phenoxy) is 2. The van der Waals surface area contributed by atoms with E-state index in [2.05, 4.69) is 9.71 Å². The van der Waals surface area contributed by atoms with E-state index in [4.69, 9.17) is 9.47 Å². The Hall–Kier alpha value is -3.28. The van der Waals surface area contributed by atoms with Crippen LogP contribution < -0.4 is 14.4 Å². The third-order valence-electron chi connectivity index (χ3n) is 5.39. The van der Waals surface area contributed by atoms with Gasteiger partial charge in [-0.1, -0.05) is 12.1 Å². The minimum Gasteiger partial charge on any atom is -0.492 e. The minimum atomic E-state index is -3.47. The number of nitrogens with one attached hydrogen (secondary N) is 2. The standard InChI is InChI=1S/C24H31N3O7S/c1-33-13-9-20-19(16-24(29)30)18-8-7-17(15-22(18)25-20)34-14-11-27(10-12-28)23-6-4-3-5-21(23)26-35(2,31)32/h3-8,15,25-26,28H,9-14,16H2,1-2H3,(H,29,30). The number of aromatic nitrogens is 1. The van der Waals surface area contributed by atoms with Crippen LogP contribution in [-0.4, -0.2) is 75.9 Å². The van der Waals surface area contributed by atoms with Crippen molar-refractivity contribution in [2.24, 2.45) is 0 Å². The number of H-pyrrole nitrogens is 1. The van der Waals surface area contributed by atoms with Gasteiger partial charge in [-0.15, -0.1) is 0 Å². The average molecular weight is 506 g/mol. The summed E-state index contributed by atoms with van der Waals surface area (Å²) < 4.78 is 37.1. The van der Waals surface area contributed by atoms with E-state index < -0.39 is 16.0 Å². The Morgan fingerprint density at radius 3 is 2.60 bits per heavy atom. The molecule has 0 saturated heterocycles. The zero-order valence-electron chi connectivity index (χ0n) is 19.8. The zero-order valence-corrected chi connectivity index (χ0v) is 20.6. The Morgan fingerprint density at radius 1 is 1.14 bits per heavy atom. The van der Waals surface area contributed by atoms with Gasteiger partial charge in [-0.05, 0) is 29.8 Å². The highest BCUT2D eigenvalue weighted by molar-refractivity contribution is 7.92. The molecule has 0 aliphatic carbocycles. The maximum absolute atomic E-state index is 11.7. The van der Waals surface area contributed by atoms with E-state index in [0.717, 1.165) is 28.4 Å². The number of rotatable bonds is 14. The highest BCUT2D eigenvalue weighted by Crippen LogP contribution is 2.28. The van der Waals surface area contributed by atoms with Gasteiger partial charge in [0.2, 0.25) is 10.0 Å².